The molecule has 0 aromatic carbocycles. The summed E-state index contributed by atoms with van der Waals surface area (Å²) in [5.41, 5.74) is 0. The van der Waals surface area contributed by atoms with Gasteiger partial charge in [0.15, 0.2) is 12.4 Å². The molecule has 0 heterocycles. The van der Waals surface area contributed by atoms with E-state index in [2.05, 4.69) is 4.74 Å². The molecule has 0 aromatic heterocycles. The van der Waals surface area contributed by atoms with Crippen LogP contribution in [0.3, 0.4) is 0 Å². The Bertz CT molecular complexity index is 144. The van der Waals surface area contributed by atoms with Crippen molar-refractivity contribution in [1.82, 2.24) is 0 Å². The second-order valence-electron chi connectivity index (χ2n) is 1.82. The van der Waals surface area contributed by atoms with Gasteiger partial charge in [-0.3, -0.25) is 0 Å². The van der Waals surface area contributed by atoms with Crippen LogP contribution >= 0.6 is 0 Å². The number of ether oxygens (including phenoxy) is 1. The lowest BCUT2D eigenvalue weighted by Crippen LogP contribution is -2.36. The standard InChI is InChI=1S/C6H10O5/c1-2-11-6(10)5(9)4(8)3-7/h3-5,8-9H,2H2,1H3/t4-,5+/m0/s1. The maximum atomic E-state index is 10.6. The zero-order valence-corrected chi connectivity index (χ0v) is 6.06. The highest BCUT2D eigenvalue weighted by Gasteiger charge is 2.24. The summed E-state index contributed by atoms with van der Waals surface area (Å²) in [6.45, 7) is 1.65. The Morgan fingerprint density at radius 3 is 2.55 bits per heavy atom. The lowest BCUT2D eigenvalue weighted by Gasteiger charge is -2.10. The van der Waals surface area contributed by atoms with Gasteiger partial charge in [0.25, 0.3) is 0 Å². The van der Waals surface area contributed by atoms with E-state index in [0.29, 0.717) is 0 Å². The van der Waals surface area contributed by atoms with E-state index >= 15 is 0 Å². The Kier molecular flexibility index (Phi) is 4.40. The van der Waals surface area contributed by atoms with Crippen molar-refractivity contribution in [2.75, 3.05) is 6.61 Å². The summed E-state index contributed by atoms with van der Waals surface area (Å²) in [4.78, 5) is 20.4. The minimum absolute atomic E-state index is 0.0710. The summed E-state index contributed by atoms with van der Waals surface area (Å²) >= 11 is 0. The van der Waals surface area contributed by atoms with E-state index in [0.717, 1.165) is 0 Å². The summed E-state index contributed by atoms with van der Waals surface area (Å²) < 4.78 is 4.32. The van der Waals surface area contributed by atoms with Crippen LogP contribution in [0.5, 0.6) is 0 Å². The van der Waals surface area contributed by atoms with Gasteiger partial charge in [0.2, 0.25) is 0 Å². The molecule has 0 aromatic rings. The first-order valence-electron chi connectivity index (χ1n) is 3.11. The minimum Gasteiger partial charge on any atom is -0.464 e. The molecule has 0 amide bonds. The molecule has 0 unspecified atom stereocenters. The molecular formula is C6H10O5. The minimum atomic E-state index is -1.77. The van der Waals surface area contributed by atoms with Crippen LogP contribution in [0.2, 0.25) is 0 Å². The molecule has 0 aliphatic carbocycles. The van der Waals surface area contributed by atoms with Gasteiger partial charge in [0.05, 0.1) is 6.61 Å². The zero-order chi connectivity index (χ0) is 8.85. The highest BCUT2D eigenvalue weighted by Crippen LogP contribution is 1.93. The fourth-order valence-electron chi connectivity index (χ4n) is 0.441. The molecule has 0 spiro atoms. The number of hydrogen-bond donors (Lipinski definition) is 2. The van der Waals surface area contributed by atoms with Crippen LogP contribution in [0.1, 0.15) is 6.92 Å². The molecule has 2 N–H and O–H groups in total. The van der Waals surface area contributed by atoms with E-state index in [-0.39, 0.29) is 12.9 Å². The quantitative estimate of drug-likeness (QED) is 0.387. The van der Waals surface area contributed by atoms with Crippen LogP contribution in [-0.2, 0) is 14.3 Å². The summed E-state index contributed by atoms with van der Waals surface area (Å²) in [5, 5.41) is 17.4. The summed E-state index contributed by atoms with van der Waals surface area (Å²) in [5.74, 6) is -0.993. The fourth-order valence-corrected chi connectivity index (χ4v) is 0.441. The smallest absolute Gasteiger partial charge is 0.338 e. The van der Waals surface area contributed by atoms with E-state index in [1.165, 1.54) is 0 Å². The predicted octanol–water partition coefficient (Wildman–Crippen LogP) is -1.53. The number of rotatable bonds is 4. The van der Waals surface area contributed by atoms with Gasteiger partial charge in [-0.05, 0) is 6.92 Å². The molecule has 11 heavy (non-hydrogen) atoms. The van der Waals surface area contributed by atoms with Crippen molar-refractivity contribution in [3.8, 4) is 0 Å². The van der Waals surface area contributed by atoms with Crippen LogP contribution in [-0.4, -0.2) is 41.3 Å². The van der Waals surface area contributed by atoms with Crippen molar-refractivity contribution in [3.63, 3.8) is 0 Å². The van der Waals surface area contributed by atoms with Crippen LogP contribution in [0.25, 0.3) is 0 Å². The first-order valence-corrected chi connectivity index (χ1v) is 3.11. The van der Waals surface area contributed by atoms with Gasteiger partial charge in [-0.2, -0.15) is 0 Å². The zero-order valence-electron chi connectivity index (χ0n) is 6.06. The highest BCUT2D eigenvalue weighted by atomic mass is 16.5. The number of aliphatic hydroxyl groups excluding tert-OH is 2. The SMILES string of the molecule is CCOC(=O)[C@H](O)[C@@H](O)C=O. The van der Waals surface area contributed by atoms with Crippen molar-refractivity contribution in [2.24, 2.45) is 0 Å². The van der Waals surface area contributed by atoms with Crippen molar-refractivity contribution >= 4 is 12.3 Å². The molecule has 2 atom stereocenters. The second-order valence-corrected chi connectivity index (χ2v) is 1.82. The first-order chi connectivity index (χ1) is 5.13. The molecular weight excluding hydrogens is 152 g/mol. The topological polar surface area (TPSA) is 83.8 Å². The molecule has 0 bridgehead atoms. The van der Waals surface area contributed by atoms with Crippen LogP contribution in [0, 0.1) is 0 Å². The maximum absolute atomic E-state index is 10.6. The van der Waals surface area contributed by atoms with Gasteiger partial charge in [-0.1, -0.05) is 0 Å². The van der Waals surface area contributed by atoms with Crippen molar-refractivity contribution in [3.05, 3.63) is 0 Å². The Labute approximate surface area is 63.6 Å². The molecule has 0 fully saturated rings. The van der Waals surface area contributed by atoms with Gasteiger partial charge >= 0.3 is 5.97 Å². The molecule has 0 radical (unpaired) electrons. The number of aldehydes is 1. The molecule has 0 rings (SSSR count). The van der Waals surface area contributed by atoms with Crippen LogP contribution in [0.15, 0.2) is 0 Å². The van der Waals surface area contributed by atoms with E-state index < -0.39 is 18.2 Å². The van der Waals surface area contributed by atoms with Gasteiger partial charge in [0, 0.05) is 0 Å². The van der Waals surface area contributed by atoms with Gasteiger partial charge in [0.1, 0.15) is 6.10 Å². The number of carbonyl (C=O) groups excluding carboxylic acids is 2. The monoisotopic (exact) mass is 162 g/mol. The van der Waals surface area contributed by atoms with Crippen LogP contribution < -0.4 is 0 Å². The summed E-state index contributed by atoms with van der Waals surface area (Å²) in [6, 6.07) is 0. The molecule has 0 saturated carbocycles. The van der Waals surface area contributed by atoms with Gasteiger partial charge < -0.3 is 19.7 Å². The first kappa shape index (κ1) is 10.1. The average Bonchev–Trinajstić information content (AvgIpc) is 2.02. The Hall–Kier alpha value is -0.940. The number of hydrogen-bond acceptors (Lipinski definition) is 5. The van der Waals surface area contributed by atoms with Crippen molar-refractivity contribution in [1.29, 1.82) is 0 Å². The highest BCUT2D eigenvalue weighted by molar-refractivity contribution is 5.79. The molecule has 5 nitrogen and oxygen atoms in total. The fraction of sp³-hybridized carbons (Fsp3) is 0.667. The Balaban J connectivity index is 3.90. The Morgan fingerprint density at radius 1 is 1.64 bits per heavy atom. The van der Waals surface area contributed by atoms with E-state index in [1.807, 2.05) is 0 Å². The average molecular weight is 162 g/mol. The second kappa shape index (κ2) is 4.81. The third-order valence-electron chi connectivity index (χ3n) is 0.991. The molecule has 0 saturated heterocycles. The van der Waals surface area contributed by atoms with Gasteiger partial charge in [-0.15, -0.1) is 0 Å². The normalized spacial score (nSPS) is 15.2. The van der Waals surface area contributed by atoms with E-state index in [1.54, 1.807) is 6.92 Å². The largest absolute Gasteiger partial charge is 0.464 e. The number of esters is 1. The van der Waals surface area contributed by atoms with E-state index in [4.69, 9.17) is 10.2 Å². The van der Waals surface area contributed by atoms with Crippen molar-refractivity contribution in [2.45, 2.75) is 19.1 Å². The molecule has 5 heteroatoms. The Morgan fingerprint density at radius 2 is 2.18 bits per heavy atom. The lowest BCUT2D eigenvalue weighted by molar-refractivity contribution is -0.160. The van der Waals surface area contributed by atoms with Gasteiger partial charge in [-0.25, -0.2) is 4.79 Å². The number of carbonyl (C=O) groups is 2. The number of aliphatic hydroxyl groups is 2. The lowest BCUT2D eigenvalue weighted by atomic mass is 10.2. The van der Waals surface area contributed by atoms with E-state index in [9.17, 15) is 9.59 Å². The maximum Gasteiger partial charge on any atom is 0.338 e. The third-order valence-corrected chi connectivity index (χ3v) is 0.991. The molecule has 64 valence electrons. The molecule has 0 aliphatic heterocycles. The molecule has 0 aliphatic rings. The van der Waals surface area contributed by atoms with Crippen molar-refractivity contribution < 1.29 is 24.5 Å². The summed E-state index contributed by atoms with van der Waals surface area (Å²) in [7, 11) is 0. The third kappa shape index (κ3) is 3.10. The van der Waals surface area contributed by atoms with Crippen LogP contribution in [0.4, 0.5) is 0 Å². The predicted molar refractivity (Wildman–Crippen MR) is 34.7 cm³/mol. The summed E-state index contributed by atoms with van der Waals surface area (Å²) in [6.07, 6.45) is -3.40.